The molecule has 0 atom stereocenters. The van der Waals surface area contributed by atoms with E-state index in [0.717, 1.165) is 0 Å². The van der Waals surface area contributed by atoms with Gasteiger partial charge in [-0.3, -0.25) is 0 Å². The van der Waals surface area contributed by atoms with Gasteiger partial charge in [-0.25, -0.2) is 0 Å². The third-order valence-corrected chi connectivity index (χ3v) is 1.99. The van der Waals surface area contributed by atoms with Crippen LogP contribution in [0.2, 0.25) is 0 Å². The third kappa shape index (κ3) is 25.5. The fourth-order valence-corrected chi connectivity index (χ4v) is 1.31. The first-order valence-corrected chi connectivity index (χ1v) is 9.02. The molecule has 0 saturated carbocycles. The van der Waals surface area contributed by atoms with E-state index >= 15 is 0 Å². The van der Waals surface area contributed by atoms with Crippen LogP contribution in [-0.2, 0) is 20.0 Å². The Bertz CT molecular complexity index is 516. The maximum Gasteiger partial charge on any atom is -0.0809 e. The quantitative estimate of drug-likeness (QED) is 0.282. The first-order valence-electron chi connectivity index (χ1n) is 7.92. The molecule has 0 bridgehead atoms. The van der Waals surface area contributed by atoms with Gasteiger partial charge in [-0.05, 0) is 0 Å². The van der Waals surface area contributed by atoms with Crippen molar-refractivity contribution in [3.8, 4) is 0 Å². The molecule has 0 saturated heterocycles. The fraction of sp³-hybridized carbons (Fsp3) is 0.273. The van der Waals surface area contributed by atoms with Crippen LogP contribution in [0.5, 0.6) is 0 Å². The van der Waals surface area contributed by atoms with Crippen molar-refractivity contribution >= 4 is 40.4 Å². The number of nitrogens with one attached hydrogen (secondary N) is 1. The topological polar surface area (TPSA) is 15.8 Å². The predicted octanol–water partition coefficient (Wildman–Crippen LogP) is 7.42. The molecule has 0 aliphatic rings. The standard InChI is InChI=1S/C9H7.C4H4N.2C4H9.CH2.2ClH.Ti/c1-2-5-9-7-3-6-8(9)4-1;1-2-4-5-3-1;2*1-4(2)3;;;;/h1-7H;1-3,5H;2*1-3H3;1H2;2*1H;/q4*-1;;;;. The van der Waals surface area contributed by atoms with Crippen molar-refractivity contribution in [2.24, 2.45) is 0 Å². The number of hydrogen-bond acceptors (Lipinski definition) is 0. The van der Waals surface area contributed by atoms with Gasteiger partial charge in [0, 0.05) is 0 Å². The number of rotatable bonds is 0. The molecule has 26 heavy (non-hydrogen) atoms. The summed E-state index contributed by atoms with van der Waals surface area (Å²) < 4.78 is 0. The molecule has 3 aromatic rings. The van der Waals surface area contributed by atoms with Crippen molar-refractivity contribution in [3.05, 3.63) is 78.8 Å². The van der Waals surface area contributed by atoms with Crippen molar-refractivity contribution < 1.29 is 20.0 Å². The maximum atomic E-state index is 3.25. The molecule has 148 valence electrons. The monoisotopic (exact) mass is 429 g/mol. The Hall–Kier alpha value is -0.726. The Morgan fingerprint density at radius 3 is 1.73 bits per heavy atom. The molecule has 1 aromatic heterocycles. The number of fused-ring (bicyclic) bond motifs is 1. The second kappa shape index (κ2) is 24.3. The molecular formula is C22H33Cl2NTi-4. The molecule has 1 N–H and O–H groups in total. The van der Waals surface area contributed by atoms with E-state index in [1.54, 1.807) is 20.0 Å². The van der Waals surface area contributed by atoms with Gasteiger partial charge in [0.15, 0.2) is 0 Å². The van der Waals surface area contributed by atoms with Crippen LogP contribution in [-0.4, -0.2) is 9.80 Å². The maximum absolute atomic E-state index is 3.25. The van der Waals surface area contributed by atoms with Crippen molar-refractivity contribution in [3.63, 3.8) is 0 Å². The van der Waals surface area contributed by atoms with Gasteiger partial charge in [0.05, 0.1) is 0 Å². The number of aromatic amines is 1. The van der Waals surface area contributed by atoms with Gasteiger partial charge in [0.2, 0.25) is 0 Å². The molecule has 0 radical (unpaired) electrons. The predicted molar refractivity (Wildman–Crippen MR) is 121 cm³/mol. The van der Waals surface area contributed by atoms with Crippen LogP contribution in [0.25, 0.3) is 10.8 Å². The molecular weight excluding hydrogens is 397 g/mol. The number of H-pyrrole nitrogens is 1. The molecule has 0 fully saturated rings. The van der Waals surface area contributed by atoms with Gasteiger partial charge < -0.3 is 16.8 Å². The SMILES string of the molecule is C[C-](C)C.C[C-](C)C.Cl.Cl.[CH2]=[Ti].[c-]1ccc[nH]1.c1ccc2[cH-]ccc2c1. The van der Waals surface area contributed by atoms with Gasteiger partial charge in [0.1, 0.15) is 0 Å². The normalized spacial score (nSPS) is 7.96. The van der Waals surface area contributed by atoms with Gasteiger partial charge in [-0.1, -0.05) is 6.07 Å². The molecule has 1 heterocycles. The van der Waals surface area contributed by atoms with E-state index in [-0.39, 0.29) is 24.8 Å². The number of hydrogen-bond donors (Lipinski definition) is 1. The molecule has 1 nitrogen and oxygen atoms in total. The number of benzene rings is 1. The second-order valence-electron chi connectivity index (χ2n) is 5.97. The van der Waals surface area contributed by atoms with E-state index in [2.05, 4.69) is 100 Å². The van der Waals surface area contributed by atoms with Gasteiger partial charge in [-0.2, -0.15) is 77.4 Å². The van der Waals surface area contributed by atoms with Crippen LogP contribution in [0.3, 0.4) is 0 Å². The molecule has 2 aromatic carbocycles. The van der Waals surface area contributed by atoms with Crippen molar-refractivity contribution in [2.45, 2.75) is 41.5 Å². The molecule has 3 rings (SSSR count). The molecule has 0 amide bonds. The van der Waals surface area contributed by atoms with Gasteiger partial charge >= 0.3 is 24.8 Å². The first kappa shape index (κ1) is 32.9. The Morgan fingerprint density at radius 2 is 1.38 bits per heavy atom. The van der Waals surface area contributed by atoms with E-state index in [9.17, 15) is 0 Å². The Balaban J connectivity index is -0.000000125. The molecule has 0 aliphatic carbocycles. The van der Waals surface area contributed by atoms with Gasteiger partial charge in [-0.15, -0.1) is 60.7 Å². The molecule has 0 unspecified atom stereocenters. The Morgan fingerprint density at radius 1 is 0.885 bits per heavy atom. The zero-order valence-electron chi connectivity index (χ0n) is 16.8. The van der Waals surface area contributed by atoms with Crippen LogP contribution in [0.15, 0.2) is 60.8 Å². The summed E-state index contributed by atoms with van der Waals surface area (Å²) in [7, 11) is 0. The smallest absolute Gasteiger partial charge is 0.0809 e. The number of halogens is 2. The minimum Gasteiger partial charge on any atom is -0.484 e. The Labute approximate surface area is 185 Å². The van der Waals surface area contributed by atoms with Crippen LogP contribution >= 0.6 is 24.8 Å². The zero-order chi connectivity index (χ0) is 18.8. The van der Waals surface area contributed by atoms with Gasteiger partial charge in [0.25, 0.3) is 0 Å². The largest absolute Gasteiger partial charge is 0.484 e. The summed E-state index contributed by atoms with van der Waals surface area (Å²) in [5.74, 6) is 2.83. The van der Waals surface area contributed by atoms with E-state index in [1.165, 1.54) is 22.6 Å². The average molecular weight is 430 g/mol. The van der Waals surface area contributed by atoms with Crippen LogP contribution in [0.1, 0.15) is 41.5 Å². The summed E-state index contributed by atoms with van der Waals surface area (Å²) in [6.07, 6.45) is 4.56. The van der Waals surface area contributed by atoms with Crippen LogP contribution in [0, 0.1) is 18.0 Å². The fourth-order valence-electron chi connectivity index (χ4n) is 1.31. The van der Waals surface area contributed by atoms with Crippen molar-refractivity contribution in [2.75, 3.05) is 0 Å². The zero-order valence-corrected chi connectivity index (χ0v) is 20.0. The molecule has 4 heteroatoms. The summed E-state index contributed by atoms with van der Waals surface area (Å²) in [5, 5.41) is 2.66. The van der Waals surface area contributed by atoms with Crippen LogP contribution < -0.4 is 0 Å². The first-order chi connectivity index (χ1) is 11.4. The Kier molecular flexibility index (Phi) is 30.7. The minimum absolute atomic E-state index is 0. The third-order valence-electron chi connectivity index (χ3n) is 1.99. The average Bonchev–Trinajstić information content (AvgIpc) is 3.23. The summed E-state index contributed by atoms with van der Waals surface area (Å²) in [5.41, 5.74) is 0. The van der Waals surface area contributed by atoms with Crippen LogP contribution in [0.4, 0.5) is 0 Å². The van der Waals surface area contributed by atoms with Crippen molar-refractivity contribution in [1.82, 2.24) is 4.98 Å². The summed E-state index contributed by atoms with van der Waals surface area (Å²) in [6, 6.07) is 18.4. The van der Waals surface area contributed by atoms with E-state index in [1.807, 2.05) is 18.3 Å². The molecule has 0 aliphatic heterocycles. The van der Waals surface area contributed by atoms with E-state index in [4.69, 9.17) is 0 Å². The second-order valence-corrected chi connectivity index (χ2v) is 5.97. The van der Waals surface area contributed by atoms with E-state index in [0.29, 0.717) is 0 Å². The summed E-state index contributed by atoms with van der Waals surface area (Å²) >= 11 is 1.75. The number of aromatic nitrogens is 1. The minimum atomic E-state index is 0. The van der Waals surface area contributed by atoms with E-state index < -0.39 is 0 Å². The molecule has 0 spiro atoms. The summed E-state index contributed by atoms with van der Waals surface area (Å²) in [4.78, 5) is 5.99. The van der Waals surface area contributed by atoms with Crippen molar-refractivity contribution in [1.29, 1.82) is 0 Å². The summed E-state index contributed by atoms with van der Waals surface area (Å²) in [6.45, 7) is 12.5.